The summed E-state index contributed by atoms with van der Waals surface area (Å²) in [5.41, 5.74) is 7.34. The highest BCUT2D eigenvalue weighted by molar-refractivity contribution is 7.80. The van der Waals surface area contributed by atoms with E-state index >= 15 is 0 Å². The Morgan fingerprint density at radius 1 is 1.80 bits per heavy atom. The summed E-state index contributed by atoms with van der Waals surface area (Å²) in [6, 6.07) is 2.65. The average Bonchev–Trinajstić information content (AvgIpc) is 2.60. The molecule has 0 radical (unpaired) electrons. The summed E-state index contributed by atoms with van der Waals surface area (Å²) in [5.74, 6) is 2.31. The molecule has 0 saturated carbocycles. The third-order valence-corrected chi connectivity index (χ3v) is 1.32. The van der Waals surface area contributed by atoms with Crippen molar-refractivity contribution in [1.82, 2.24) is 5.43 Å². The predicted molar refractivity (Wildman–Crippen MR) is 57.2 cm³/mol. The quantitative estimate of drug-likeness (QED) is 0.338. The third-order valence-electron chi connectivity index (χ3n) is 1.23. The van der Waals surface area contributed by atoms with Gasteiger partial charge in [-0.25, -0.2) is 5.43 Å². The van der Waals surface area contributed by atoms with Crippen molar-refractivity contribution < 1.29 is 9.34 Å². The second-order valence-electron chi connectivity index (χ2n) is 2.29. The zero-order chi connectivity index (χ0) is 11.3. The van der Waals surface area contributed by atoms with Gasteiger partial charge in [-0.15, -0.1) is 5.10 Å². The van der Waals surface area contributed by atoms with Crippen LogP contribution < -0.4 is 11.2 Å². The minimum Gasteiger partial charge on any atom is -0.401 e. The van der Waals surface area contributed by atoms with Gasteiger partial charge >= 0.3 is 5.88 Å². The van der Waals surface area contributed by atoms with Gasteiger partial charge < -0.3 is 10.2 Å². The Bertz CT molecular complexity index is 447. The van der Waals surface area contributed by atoms with Crippen LogP contribution in [0.15, 0.2) is 21.7 Å². The van der Waals surface area contributed by atoms with Gasteiger partial charge in [-0.2, -0.15) is 0 Å². The molecule has 0 saturated heterocycles. The topological polar surface area (TPSA) is 107 Å². The lowest BCUT2D eigenvalue weighted by atomic mass is 10.4. The summed E-state index contributed by atoms with van der Waals surface area (Å²) in [6.45, 7) is 0. The number of nitrogens with one attached hydrogen (secondary N) is 1. The van der Waals surface area contributed by atoms with Gasteiger partial charge in [-0.3, -0.25) is 10.1 Å². The fourth-order valence-electron chi connectivity index (χ4n) is 0.701. The van der Waals surface area contributed by atoms with Crippen LogP contribution in [-0.4, -0.2) is 15.9 Å². The zero-order valence-corrected chi connectivity index (χ0v) is 8.15. The van der Waals surface area contributed by atoms with Crippen LogP contribution in [0, 0.1) is 10.1 Å². The second-order valence-corrected chi connectivity index (χ2v) is 2.73. The molecule has 15 heavy (non-hydrogen) atoms. The SMILES string of the molecule is NC(=S)NN=C=Cc1ccc([N+](=O)[O-])o1. The normalized spacial score (nSPS) is 8.80. The molecule has 0 bridgehead atoms. The first-order valence-corrected chi connectivity index (χ1v) is 4.08. The zero-order valence-electron chi connectivity index (χ0n) is 7.34. The predicted octanol–water partition coefficient (Wildman–Crippen LogP) is 0.619. The molecule has 78 valence electrons. The van der Waals surface area contributed by atoms with Crippen molar-refractivity contribution >= 4 is 35.2 Å². The second kappa shape index (κ2) is 4.89. The van der Waals surface area contributed by atoms with Crippen molar-refractivity contribution in [3.05, 3.63) is 28.0 Å². The Kier molecular flexibility index (Phi) is 3.55. The molecular formula is C7H6N4O3S. The van der Waals surface area contributed by atoms with Crippen molar-refractivity contribution in [1.29, 1.82) is 0 Å². The fraction of sp³-hybridized carbons (Fsp3) is 0. The van der Waals surface area contributed by atoms with Gasteiger partial charge in [0.1, 0.15) is 10.7 Å². The highest BCUT2D eigenvalue weighted by atomic mass is 32.1. The smallest absolute Gasteiger partial charge is 0.401 e. The van der Waals surface area contributed by atoms with Gasteiger partial charge in [0, 0.05) is 11.9 Å². The van der Waals surface area contributed by atoms with Gasteiger partial charge in [0.15, 0.2) is 5.11 Å². The van der Waals surface area contributed by atoms with Crippen molar-refractivity contribution in [2.45, 2.75) is 0 Å². The summed E-state index contributed by atoms with van der Waals surface area (Å²) < 4.78 is 4.78. The monoisotopic (exact) mass is 226 g/mol. The van der Waals surface area contributed by atoms with Gasteiger partial charge in [0.25, 0.3) is 0 Å². The Hall–Kier alpha value is -2.18. The molecule has 0 amide bonds. The molecule has 1 heterocycles. The van der Waals surface area contributed by atoms with E-state index in [-0.39, 0.29) is 16.8 Å². The van der Waals surface area contributed by atoms with Crippen molar-refractivity contribution in [3.8, 4) is 0 Å². The molecule has 0 spiro atoms. The molecule has 1 rings (SSSR count). The number of hydrazone groups is 1. The maximum Gasteiger partial charge on any atom is 0.433 e. The minimum atomic E-state index is -0.637. The summed E-state index contributed by atoms with van der Waals surface area (Å²) in [4.78, 5) is 9.60. The Morgan fingerprint density at radius 3 is 3.07 bits per heavy atom. The van der Waals surface area contributed by atoms with Crippen molar-refractivity contribution in [2.75, 3.05) is 0 Å². The van der Waals surface area contributed by atoms with Crippen LogP contribution >= 0.6 is 12.2 Å². The lowest BCUT2D eigenvalue weighted by Crippen LogP contribution is -2.23. The number of rotatable bonds is 3. The summed E-state index contributed by atoms with van der Waals surface area (Å²) >= 11 is 4.47. The first-order valence-electron chi connectivity index (χ1n) is 3.68. The van der Waals surface area contributed by atoms with Crippen LogP contribution in [0.5, 0.6) is 0 Å². The molecule has 0 aromatic carbocycles. The van der Waals surface area contributed by atoms with E-state index in [1.807, 2.05) is 0 Å². The summed E-state index contributed by atoms with van der Waals surface area (Å²) in [5, 5.41) is 13.7. The molecule has 8 heteroatoms. The van der Waals surface area contributed by atoms with E-state index in [4.69, 9.17) is 10.2 Å². The summed E-state index contributed by atoms with van der Waals surface area (Å²) in [6.07, 6.45) is 1.30. The average molecular weight is 226 g/mol. The number of nitrogens with zero attached hydrogens (tertiary/aromatic N) is 2. The van der Waals surface area contributed by atoms with Crippen molar-refractivity contribution in [2.24, 2.45) is 10.8 Å². The van der Waals surface area contributed by atoms with E-state index in [0.717, 1.165) is 0 Å². The number of hydrogen-bond donors (Lipinski definition) is 2. The Labute approximate surface area is 89.4 Å². The molecule has 0 atom stereocenters. The van der Waals surface area contributed by atoms with Crippen LogP contribution in [0.25, 0.3) is 6.08 Å². The lowest BCUT2D eigenvalue weighted by Gasteiger charge is -1.87. The third kappa shape index (κ3) is 3.59. The first kappa shape index (κ1) is 10.9. The highest BCUT2D eigenvalue weighted by Gasteiger charge is 2.09. The van der Waals surface area contributed by atoms with Crippen LogP contribution in [0.1, 0.15) is 5.76 Å². The van der Waals surface area contributed by atoms with E-state index in [2.05, 4.69) is 28.6 Å². The van der Waals surface area contributed by atoms with Gasteiger partial charge in [-0.1, -0.05) is 0 Å². The van der Waals surface area contributed by atoms with E-state index < -0.39 is 4.92 Å². The number of nitrogens with two attached hydrogens (primary N) is 1. The minimum absolute atomic E-state index is 0.00123. The number of hydrogen-bond acceptors (Lipinski definition) is 5. The van der Waals surface area contributed by atoms with E-state index in [0.29, 0.717) is 0 Å². The van der Waals surface area contributed by atoms with Gasteiger partial charge in [-0.05, 0) is 18.3 Å². The maximum absolute atomic E-state index is 10.2. The molecule has 0 aliphatic carbocycles. The lowest BCUT2D eigenvalue weighted by molar-refractivity contribution is -0.402. The van der Waals surface area contributed by atoms with Crippen LogP contribution in [-0.2, 0) is 0 Å². The largest absolute Gasteiger partial charge is 0.433 e. The molecule has 0 fully saturated rings. The first-order chi connectivity index (χ1) is 7.09. The van der Waals surface area contributed by atoms with Gasteiger partial charge in [0.2, 0.25) is 0 Å². The van der Waals surface area contributed by atoms with E-state index in [1.54, 1.807) is 0 Å². The van der Waals surface area contributed by atoms with E-state index in [9.17, 15) is 10.1 Å². The molecule has 1 aromatic heterocycles. The molecule has 7 nitrogen and oxygen atoms in total. The Morgan fingerprint density at radius 2 is 2.53 bits per heavy atom. The van der Waals surface area contributed by atoms with Crippen molar-refractivity contribution in [3.63, 3.8) is 0 Å². The van der Waals surface area contributed by atoms with Crippen LogP contribution in [0.4, 0.5) is 5.88 Å². The maximum atomic E-state index is 10.2. The molecular weight excluding hydrogens is 220 g/mol. The van der Waals surface area contributed by atoms with Crippen LogP contribution in [0.2, 0.25) is 0 Å². The number of nitro groups is 1. The molecule has 0 unspecified atom stereocenters. The van der Waals surface area contributed by atoms with E-state index in [1.165, 1.54) is 18.2 Å². The molecule has 3 N–H and O–H groups in total. The molecule has 0 aliphatic heterocycles. The number of thiocarbonyl (C=S) groups is 1. The molecule has 1 aromatic rings. The fourth-order valence-corrected chi connectivity index (χ4v) is 0.747. The molecule has 0 aliphatic rings. The highest BCUT2D eigenvalue weighted by Crippen LogP contribution is 2.15. The summed E-state index contributed by atoms with van der Waals surface area (Å²) in [7, 11) is 0. The Balaban J connectivity index is 2.68. The van der Waals surface area contributed by atoms with Gasteiger partial charge in [0.05, 0.1) is 6.07 Å². The van der Waals surface area contributed by atoms with Crippen LogP contribution in [0.3, 0.4) is 0 Å². The number of furan rings is 1. The standard InChI is InChI=1S/C7H6N4O3S/c8-7(15)10-9-4-3-5-1-2-6(14-5)11(12)13/h1-3H,(H3,8,10,15).